The van der Waals surface area contributed by atoms with Gasteiger partial charge in [0, 0.05) is 12.6 Å². The van der Waals surface area contributed by atoms with Crippen LogP contribution < -0.4 is 5.32 Å². The number of rotatable bonds is 7. The van der Waals surface area contributed by atoms with E-state index in [0.717, 1.165) is 25.7 Å². The molecular formula is C14H25NO3. The summed E-state index contributed by atoms with van der Waals surface area (Å²) in [4.78, 5) is 11.3. The van der Waals surface area contributed by atoms with Gasteiger partial charge < -0.3 is 9.84 Å². The van der Waals surface area contributed by atoms with Crippen LogP contribution in [0, 0.1) is 0 Å². The standard InChI is InChI=1S/C14H25NO3/c1-14(13(16)17,15-11-7-8-11)9-10-18-12-5-3-2-4-6-12/h11-12,15H,2-10H2,1H3,(H,16,17). The molecule has 2 rings (SSSR count). The van der Waals surface area contributed by atoms with Crippen molar-refractivity contribution in [1.29, 1.82) is 0 Å². The van der Waals surface area contributed by atoms with E-state index in [1.807, 2.05) is 0 Å². The molecule has 2 aliphatic carbocycles. The van der Waals surface area contributed by atoms with Gasteiger partial charge in [0.1, 0.15) is 5.54 Å². The first-order valence-electron chi connectivity index (χ1n) is 7.23. The lowest BCUT2D eigenvalue weighted by atomic mass is 9.96. The summed E-state index contributed by atoms with van der Waals surface area (Å²) in [6.07, 6.45) is 9.21. The normalized spacial score (nSPS) is 24.7. The Morgan fingerprint density at radius 2 is 1.94 bits per heavy atom. The molecule has 18 heavy (non-hydrogen) atoms. The zero-order chi connectivity index (χ0) is 13.0. The SMILES string of the molecule is CC(CCOC1CCCCC1)(NC1CC1)C(=O)O. The van der Waals surface area contributed by atoms with E-state index < -0.39 is 11.5 Å². The maximum atomic E-state index is 11.3. The van der Waals surface area contributed by atoms with Crippen molar-refractivity contribution in [3.05, 3.63) is 0 Å². The highest BCUT2D eigenvalue weighted by atomic mass is 16.5. The summed E-state index contributed by atoms with van der Waals surface area (Å²) in [5.41, 5.74) is -0.824. The molecule has 2 N–H and O–H groups in total. The van der Waals surface area contributed by atoms with E-state index in [1.54, 1.807) is 6.92 Å². The topological polar surface area (TPSA) is 58.6 Å². The summed E-state index contributed by atoms with van der Waals surface area (Å²) >= 11 is 0. The first-order chi connectivity index (χ1) is 8.60. The predicted octanol–water partition coefficient (Wildman–Crippen LogP) is 2.32. The van der Waals surface area contributed by atoms with Crippen LogP contribution in [-0.2, 0) is 9.53 Å². The van der Waals surface area contributed by atoms with Gasteiger partial charge in [-0.25, -0.2) is 0 Å². The molecule has 2 fully saturated rings. The summed E-state index contributed by atoms with van der Waals surface area (Å²) in [5.74, 6) is -0.762. The van der Waals surface area contributed by atoms with Crippen LogP contribution in [0.5, 0.6) is 0 Å². The molecule has 0 aromatic heterocycles. The van der Waals surface area contributed by atoms with E-state index >= 15 is 0 Å². The third-order valence-corrected chi connectivity index (χ3v) is 4.08. The number of carboxylic acid groups (broad SMARTS) is 1. The van der Waals surface area contributed by atoms with Crippen LogP contribution in [0.3, 0.4) is 0 Å². The van der Waals surface area contributed by atoms with Gasteiger partial charge in [0.25, 0.3) is 0 Å². The largest absolute Gasteiger partial charge is 0.480 e. The smallest absolute Gasteiger partial charge is 0.323 e. The maximum Gasteiger partial charge on any atom is 0.323 e. The molecule has 1 unspecified atom stereocenters. The van der Waals surface area contributed by atoms with Crippen LogP contribution in [0.15, 0.2) is 0 Å². The van der Waals surface area contributed by atoms with E-state index in [2.05, 4.69) is 5.32 Å². The second-order valence-corrected chi connectivity index (χ2v) is 5.94. The van der Waals surface area contributed by atoms with Gasteiger partial charge >= 0.3 is 5.97 Å². The molecule has 0 radical (unpaired) electrons. The van der Waals surface area contributed by atoms with Crippen LogP contribution in [0.25, 0.3) is 0 Å². The minimum atomic E-state index is -0.824. The quantitative estimate of drug-likeness (QED) is 0.733. The van der Waals surface area contributed by atoms with E-state index in [0.29, 0.717) is 25.2 Å². The molecule has 0 bridgehead atoms. The maximum absolute atomic E-state index is 11.3. The van der Waals surface area contributed by atoms with Gasteiger partial charge in [-0.05, 0) is 39.0 Å². The monoisotopic (exact) mass is 255 g/mol. The molecule has 2 aliphatic rings. The number of hydrogen-bond donors (Lipinski definition) is 2. The number of carbonyl (C=O) groups is 1. The highest BCUT2D eigenvalue weighted by molar-refractivity contribution is 5.78. The summed E-state index contributed by atoms with van der Waals surface area (Å²) in [7, 11) is 0. The second-order valence-electron chi connectivity index (χ2n) is 5.94. The van der Waals surface area contributed by atoms with Crippen molar-refractivity contribution in [2.75, 3.05) is 6.61 Å². The van der Waals surface area contributed by atoms with Crippen molar-refractivity contribution in [1.82, 2.24) is 5.32 Å². The first-order valence-corrected chi connectivity index (χ1v) is 7.23. The average Bonchev–Trinajstić information content (AvgIpc) is 3.14. The van der Waals surface area contributed by atoms with Crippen LogP contribution >= 0.6 is 0 Å². The van der Waals surface area contributed by atoms with Crippen molar-refractivity contribution >= 4 is 5.97 Å². The van der Waals surface area contributed by atoms with Crippen molar-refractivity contribution < 1.29 is 14.6 Å². The van der Waals surface area contributed by atoms with Crippen molar-refractivity contribution in [3.63, 3.8) is 0 Å². The molecule has 2 saturated carbocycles. The zero-order valence-electron chi connectivity index (χ0n) is 11.3. The average molecular weight is 255 g/mol. The molecule has 4 heteroatoms. The van der Waals surface area contributed by atoms with E-state index in [-0.39, 0.29) is 0 Å². The molecule has 0 amide bonds. The highest BCUT2D eigenvalue weighted by Crippen LogP contribution is 2.25. The van der Waals surface area contributed by atoms with Gasteiger partial charge in [-0.2, -0.15) is 0 Å². The summed E-state index contributed by atoms with van der Waals surface area (Å²) < 4.78 is 5.83. The van der Waals surface area contributed by atoms with Gasteiger partial charge in [0.15, 0.2) is 0 Å². The third kappa shape index (κ3) is 3.95. The van der Waals surface area contributed by atoms with Gasteiger partial charge in [-0.1, -0.05) is 19.3 Å². The fourth-order valence-electron chi connectivity index (χ4n) is 2.58. The Balaban J connectivity index is 1.72. The Hall–Kier alpha value is -0.610. The molecule has 0 spiro atoms. The van der Waals surface area contributed by atoms with Crippen LogP contribution in [0.1, 0.15) is 58.3 Å². The summed E-state index contributed by atoms with van der Waals surface area (Å²) in [6.45, 7) is 2.32. The van der Waals surface area contributed by atoms with Gasteiger partial charge in [-0.3, -0.25) is 10.1 Å². The number of nitrogens with one attached hydrogen (secondary N) is 1. The Bertz CT molecular complexity index is 285. The van der Waals surface area contributed by atoms with E-state index in [9.17, 15) is 9.90 Å². The van der Waals surface area contributed by atoms with Gasteiger partial charge in [0.2, 0.25) is 0 Å². The second kappa shape index (κ2) is 6.02. The van der Waals surface area contributed by atoms with Crippen LogP contribution in [0.4, 0.5) is 0 Å². The fourth-order valence-corrected chi connectivity index (χ4v) is 2.58. The van der Waals surface area contributed by atoms with E-state index in [1.165, 1.54) is 19.3 Å². The third-order valence-electron chi connectivity index (χ3n) is 4.08. The molecule has 0 heterocycles. The predicted molar refractivity (Wildman–Crippen MR) is 69.6 cm³/mol. The number of carboxylic acids is 1. The molecule has 1 atom stereocenters. The Kier molecular flexibility index (Phi) is 4.62. The van der Waals surface area contributed by atoms with E-state index in [4.69, 9.17) is 4.74 Å². The Morgan fingerprint density at radius 3 is 2.50 bits per heavy atom. The summed E-state index contributed by atoms with van der Waals surface area (Å²) in [5, 5.41) is 12.6. The lowest BCUT2D eigenvalue weighted by Crippen LogP contribution is -2.51. The van der Waals surface area contributed by atoms with Crippen molar-refractivity contribution in [2.24, 2.45) is 0 Å². The molecule has 0 saturated heterocycles. The Morgan fingerprint density at radius 1 is 1.28 bits per heavy atom. The van der Waals surface area contributed by atoms with Gasteiger partial charge in [0.05, 0.1) is 6.10 Å². The fraction of sp³-hybridized carbons (Fsp3) is 0.929. The Labute approximate surface area is 109 Å². The lowest BCUT2D eigenvalue weighted by Gasteiger charge is -2.28. The minimum Gasteiger partial charge on any atom is -0.480 e. The number of ether oxygens (including phenoxy) is 1. The van der Waals surface area contributed by atoms with Crippen LogP contribution in [0.2, 0.25) is 0 Å². The summed E-state index contributed by atoms with van der Waals surface area (Å²) in [6, 6.07) is 0.404. The lowest BCUT2D eigenvalue weighted by molar-refractivity contribution is -0.145. The molecular weight excluding hydrogens is 230 g/mol. The highest BCUT2D eigenvalue weighted by Gasteiger charge is 2.38. The van der Waals surface area contributed by atoms with Gasteiger partial charge in [-0.15, -0.1) is 0 Å². The zero-order valence-corrected chi connectivity index (χ0v) is 11.3. The van der Waals surface area contributed by atoms with Crippen LogP contribution in [-0.4, -0.2) is 35.4 Å². The number of aliphatic carboxylic acids is 1. The van der Waals surface area contributed by atoms with Crippen molar-refractivity contribution in [3.8, 4) is 0 Å². The molecule has 0 aromatic carbocycles. The molecule has 104 valence electrons. The number of hydrogen-bond acceptors (Lipinski definition) is 3. The molecule has 0 aromatic rings. The molecule has 4 nitrogen and oxygen atoms in total. The minimum absolute atomic E-state index is 0.359. The molecule has 0 aliphatic heterocycles. The first kappa shape index (κ1) is 13.8. The van der Waals surface area contributed by atoms with Crippen molar-refractivity contribution in [2.45, 2.75) is 76.0 Å².